The zero-order chi connectivity index (χ0) is 22.1. The van der Waals surface area contributed by atoms with Gasteiger partial charge in [-0.3, -0.25) is 4.79 Å². The number of anilines is 2. The van der Waals surface area contributed by atoms with E-state index in [-0.39, 0.29) is 12.7 Å². The van der Waals surface area contributed by atoms with Gasteiger partial charge in [0.2, 0.25) is 6.79 Å². The number of hydrogen-bond donors (Lipinski definition) is 0. The third kappa shape index (κ3) is 3.91. The van der Waals surface area contributed by atoms with Crippen LogP contribution in [-0.2, 0) is 0 Å². The van der Waals surface area contributed by atoms with Gasteiger partial charge in [-0.05, 0) is 54.6 Å². The molecule has 2 aromatic carbocycles. The molecule has 0 bridgehead atoms. The molecule has 8 heteroatoms. The molecule has 1 aromatic heterocycles. The highest BCUT2D eigenvalue weighted by Crippen LogP contribution is 2.35. The van der Waals surface area contributed by atoms with Crippen LogP contribution in [0.5, 0.6) is 11.5 Å². The standard InChI is InChI=1S/C24H25N5O3/c1-27(2)19-6-3-17(4-7-19)24(30)29-13-11-28(12-14-29)23-10-8-20(25-26-23)18-5-9-21-22(15-18)32-16-31-21/h3-10,15H,11-14,16H2,1-2H3. The minimum absolute atomic E-state index is 0.0687. The molecule has 3 heterocycles. The number of ether oxygens (including phenoxy) is 2. The average Bonchev–Trinajstić information content (AvgIpc) is 3.32. The second-order valence-corrected chi connectivity index (χ2v) is 8.07. The fourth-order valence-electron chi connectivity index (χ4n) is 3.93. The molecular formula is C24H25N5O3. The van der Waals surface area contributed by atoms with Crippen LogP contribution in [0.15, 0.2) is 54.6 Å². The van der Waals surface area contributed by atoms with Gasteiger partial charge in [-0.15, -0.1) is 10.2 Å². The van der Waals surface area contributed by atoms with Crippen molar-refractivity contribution in [3.8, 4) is 22.8 Å². The van der Waals surface area contributed by atoms with E-state index in [1.54, 1.807) is 0 Å². The normalized spacial score (nSPS) is 15.1. The van der Waals surface area contributed by atoms with Crippen LogP contribution >= 0.6 is 0 Å². The number of carbonyl (C=O) groups excluding carboxylic acids is 1. The Bertz CT molecular complexity index is 1110. The molecule has 3 aromatic rings. The van der Waals surface area contributed by atoms with E-state index in [0.717, 1.165) is 52.9 Å². The molecule has 1 amide bonds. The van der Waals surface area contributed by atoms with Gasteiger partial charge < -0.3 is 24.2 Å². The van der Waals surface area contributed by atoms with Gasteiger partial charge >= 0.3 is 0 Å². The first kappa shape index (κ1) is 20.1. The SMILES string of the molecule is CN(C)c1ccc(C(=O)N2CCN(c3ccc(-c4ccc5c(c4)OCO5)nn3)CC2)cc1. The van der Waals surface area contributed by atoms with E-state index in [1.165, 1.54) is 0 Å². The Labute approximate surface area is 187 Å². The van der Waals surface area contributed by atoms with E-state index in [1.807, 2.05) is 78.5 Å². The van der Waals surface area contributed by atoms with Gasteiger partial charge in [0.05, 0.1) is 5.69 Å². The minimum atomic E-state index is 0.0687. The summed E-state index contributed by atoms with van der Waals surface area (Å²) in [5.74, 6) is 2.36. The number of rotatable bonds is 4. The van der Waals surface area contributed by atoms with Crippen LogP contribution in [0.25, 0.3) is 11.3 Å². The Hall–Kier alpha value is -3.81. The molecular weight excluding hydrogens is 406 g/mol. The lowest BCUT2D eigenvalue weighted by molar-refractivity contribution is 0.0746. The summed E-state index contributed by atoms with van der Waals surface area (Å²) in [6, 6.07) is 17.4. The summed E-state index contributed by atoms with van der Waals surface area (Å²) in [5, 5.41) is 8.82. The highest BCUT2D eigenvalue weighted by molar-refractivity contribution is 5.94. The van der Waals surface area contributed by atoms with Crippen LogP contribution in [0, 0.1) is 0 Å². The first-order valence-corrected chi connectivity index (χ1v) is 10.6. The summed E-state index contributed by atoms with van der Waals surface area (Å²) < 4.78 is 10.8. The number of nitrogens with zero attached hydrogens (tertiary/aromatic N) is 5. The van der Waals surface area contributed by atoms with Gasteiger partial charge in [0.15, 0.2) is 17.3 Å². The van der Waals surface area contributed by atoms with E-state index < -0.39 is 0 Å². The van der Waals surface area contributed by atoms with Crippen molar-refractivity contribution >= 4 is 17.4 Å². The fourth-order valence-corrected chi connectivity index (χ4v) is 3.93. The Morgan fingerprint density at radius 3 is 2.31 bits per heavy atom. The Balaban J connectivity index is 1.21. The van der Waals surface area contributed by atoms with E-state index in [4.69, 9.17) is 9.47 Å². The van der Waals surface area contributed by atoms with Crippen molar-refractivity contribution in [1.29, 1.82) is 0 Å². The lowest BCUT2D eigenvalue weighted by atomic mass is 10.1. The number of amides is 1. The number of piperazine rings is 1. The minimum Gasteiger partial charge on any atom is -0.454 e. The van der Waals surface area contributed by atoms with E-state index in [2.05, 4.69) is 15.1 Å². The monoisotopic (exact) mass is 431 g/mol. The van der Waals surface area contributed by atoms with E-state index in [0.29, 0.717) is 13.1 Å². The van der Waals surface area contributed by atoms with Crippen LogP contribution in [0.4, 0.5) is 11.5 Å². The van der Waals surface area contributed by atoms with Gasteiger partial charge in [-0.25, -0.2) is 0 Å². The number of aromatic nitrogens is 2. The van der Waals surface area contributed by atoms with Gasteiger partial charge in [0.1, 0.15) is 0 Å². The third-order valence-corrected chi connectivity index (χ3v) is 5.84. The maximum absolute atomic E-state index is 12.9. The van der Waals surface area contributed by atoms with Gasteiger partial charge in [-0.2, -0.15) is 0 Å². The van der Waals surface area contributed by atoms with Crippen molar-refractivity contribution in [1.82, 2.24) is 15.1 Å². The molecule has 2 aliphatic heterocycles. The first-order chi connectivity index (χ1) is 15.6. The van der Waals surface area contributed by atoms with Crippen LogP contribution in [0.1, 0.15) is 10.4 Å². The smallest absolute Gasteiger partial charge is 0.253 e. The van der Waals surface area contributed by atoms with Gasteiger partial charge in [0.25, 0.3) is 5.91 Å². The van der Waals surface area contributed by atoms with Crippen molar-refractivity contribution in [3.05, 3.63) is 60.2 Å². The van der Waals surface area contributed by atoms with Crippen molar-refractivity contribution < 1.29 is 14.3 Å². The molecule has 1 saturated heterocycles. The fraction of sp³-hybridized carbons (Fsp3) is 0.292. The lowest BCUT2D eigenvalue weighted by Gasteiger charge is -2.35. The van der Waals surface area contributed by atoms with Crippen molar-refractivity contribution in [2.45, 2.75) is 0 Å². The van der Waals surface area contributed by atoms with Crippen molar-refractivity contribution in [2.75, 3.05) is 56.9 Å². The van der Waals surface area contributed by atoms with Gasteiger partial charge in [-0.1, -0.05) is 0 Å². The molecule has 0 saturated carbocycles. The summed E-state index contributed by atoms with van der Waals surface area (Å²) in [6.45, 7) is 3.00. The highest BCUT2D eigenvalue weighted by Gasteiger charge is 2.23. The second kappa shape index (κ2) is 8.37. The molecule has 0 unspecified atom stereocenters. The van der Waals surface area contributed by atoms with E-state index in [9.17, 15) is 4.79 Å². The Morgan fingerprint density at radius 2 is 1.62 bits per heavy atom. The second-order valence-electron chi connectivity index (χ2n) is 8.07. The van der Waals surface area contributed by atoms with Crippen LogP contribution in [0.3, 0.4) is 0 Å². The van der Waals surface area contributed by atoms with Crippen molar-refractivity contribution in [3.63, 3.8) is 0 Å². The number of carbonyl (C=O) groups is 1. The van der Waals surface area contributed by atoms with Crippen LogP contribution < -0.4 is 19.3 Å². The largest absolute Gasteiger partial charge is 0.454 e. The van der Waals surface area contributed by atoms with Crippen LogP contribution in [0.2, 0.25) is 0 Å². The molecule has 32 heavy (non-hydrogen) atoms. The Kier molecular flexibility index (Phi) is 5.26. The summed E-state index contributed by atoms with van der Waals surface area (Å²) in [5.41, 5.74) is 3.51. The molecule has 1 fully saturated rings. The average molecular weight is 431 g/mol. The zero-order valence-electron chi connectivity index (χ0n) is 18.2. The third-order valence-electron chi connectivity index (χ3n) is 5.84. The molecule has 2 aliphatic rings. The molecule has 164 valence electrons. The number of hydrogen-bond acceptors (Lipinski definition) is 7. The molecule has 0 N–H and O–H groups in total. The predicted molar refractivity (Wildman–Crippen MR) is 122 cm³/mol. The maximum Gasteiger partial charge on any atom is 0.253 e. The molecule has 5 rings (SSSR count). The molecule has 8 nitrogen and oxygen atoms in total. The summed E-state index contributed by atoms with van der Waals surface area (Å²) in [4.78, 5) is 18.9. The quantitative estimate of drug-likeness (QED) is 0.629. The zero-order valence-corrected chi connectivity index (χ0v) is 18.2. The summed E-state index contributed by atoms with van der Waals surface area (Å²) >= 11 is 0. The number of fused-ring (bicyclic) bond motifs is 1. The molecule has 0 spiro atoms. The Morgan fingerprint density at radius 1 is 0.875 bits per heavy atom. The van der Waals surface area contributed by atoms with E-state index >= 15 is 0 Å². The lowest BCUT2D eigenvalue weighted by Crippen LogP contribution is -2.49. The van der Waals surface area contributed by atoms with Crippen LogP contribution in [-0.4, -0.2) is 68.1 Å². The molecule has 0 radical (unpaired) electrons. The molecule has 0 aliphatic carbocycles. The predicted octanol–water partition coefficient (Wildman–Crippen LogP) is 2.90. The summed E-state index contributed by atoms with van der Waals surface area (Å²) in [7, 11) is 3.97. The first-order valence-electron chi connectivity index (χ1n) is 10.6. The van der Waals surface area contributed by atoms with Crippen molar-refractivity contribution in [2.24, 2.45) is 0 Å². The highest BCUT2D eigenvalue weighted by atomic mass is 16.7. The summed E-state index contributed by atoms with van der Waals surface area (Å²) in [6.07, 6.45) is 0. The topological polar surface area (TPSA) is 71.0 Å². The van der Waals surface area contributed by atoms with Gasteiger partial charge in [0, 0.05) is 57.1 Å². The molecule has 0 atom stereocenters. The maximum atomic E-state index is 12.9. The number of benzene rings is 2.